The summed E-state index contributed by atoms with van der Waals surface area (Å²) in [6.07, 6.45) is 11.0. The Kier molecular flexibility index (Phi) is 3.60. The van der Waals surface area contributed by atoms with Gasteiger partial charge in [0.15, 0.2) is 0 Å². The maximum Gasteiger partial charge on any atom is 0.264 e. The molecule has 1 N–H and O–H groups in total. The third-order valence-corrected chi connectivity index (χ3v) is 7.61. The summed E-state index contributed by atoms with van der Waals surface area (Å²) in [5, 5.41) is 17.0. The van der Waals surface area contributed by atoms with Crippen LogP contribution in [0, 0.1) is 18.8 Å². The van der Waals surface area contributed by atoms with Crippen molar-refractivity contribution in [2.45, 2.75) is 63.1 Å². The summed E-state index contributed by atoms with van der Waals surface area (Å²) in [5.74, 6) is 2.77. The molecule has 4 fully saturated rings. The summed E-state index contributed by atoms with van der Waals surface area (Å²) >= 11 is 0. The van der Waals surface area contributed by atoms with E-state index >= 15 is 0 Å². The summed E-state index contributed by atoms with van der Waals surface area (Å²) in [4.78, 5) is 4.23. The third kappa shape index (κ3) is 2.68. The van der Waals surface area contributed by atoms with Crippen molar-refractivity contribution in [2.75, 3.05) is 0 Å². The first-order chi connectivity index (χ1) is 14.0. The molecule has 2 unspecified atom stereocenters. The van der Waals surface area contributed by atoms with Crippen LogP contribution < -0.4 is 5.32 Å². The molecule has 4 bridgehead atoms. The highest BCUT2D eigenvalue weighted by Gasteiger charge is 2.58. The summed E-state index contributed by atoms with van der Waals surface area (Å²) in [7, 11) is 2.02. The Morgan fingerprint density at radius 3 is 2.69 bits per heavy atom. The lowest BCUT2D eigenvalue weighted by molar-refractivity contribution is -0.0794. The van der Waals surface area contributed by atoms with Gasteiger partial charge in [0, 0.05) is 18.3 Å². The molecule has 0 radical (unpaired) electrons. The Hall–Kier alpha value is -2.48. The van der Waals surface area contributed by atoms with Gasteiger partial charge in [0.05, 0.1) is 12.1 Å². The van der Waals surface area contributed by atoms with Crippen LogP contribution in [0.25, 0.3) is 11.6 Å². The van der Waals surface area contributed by atoms with E-state index in [0.29, 0.717) is 18.3 Å². The van der Waals surface area contributed by atoms with E-state index < -0.39 is 0 Å². The highest BCUT2D eigenvalue weighted by molar-refractivity contribution is 5.48. The van der Waals surface area contributed by atoms with Crippen molar-refractivity contribution in [3.63, 3.8) is 0 Å². The van der Waals surface area contributed by atoms with Crippen LogP contribution in [0.2, 0.25) is 0 Å². The standard InChI is InChI=1S/C21H27N7O/c1-14-3-4-17(27(14)2)19-26-25-18(29-19)10-23-20-6-15-5-16(7-20)9-21(8-15,11-20)28-13-22-12-24-28/h3-4,12-13,15-16,23H,5-11H2,1-2H3. The quantitative estimate of drug-likeness (QED) is 0.717. The largest absolute Gasteiger partial charge is 0.418 e. The molecule has 3 heterocycles. The number of nitrogens with one attached hydrogen (secondary N) is 1. The highest BCUT2D eigenvalue weighted by Crippen LogP contribution is 2.60. The fourth-order valence-electron chi connectivity index (χ4n) is 6.66. The number of aryl methyl sites for hydroxylation is 1. The van der Waals surface area contributed by atoms with Gasteiger partial charge in [-0.3, -0.25) is 0 Å². The van der Waals surface area contributed by atoms with Gasteiger partial charge in [0.1, 0.15) is 18.3 Å². The minimum Gasteiger partial charge on any atom is -0.418 e. The van der Waals surface area contributed by atoms with Gasteiger partial charge < -0.3 is 14.3 Å². The fourth-order valence-corrected chi connectivity index (χ4v) is 6.66. The second kappa shape index (κ2) is 6.01. The van der Waals surface area contributed by atoms with Gasteiger partial charge in [-0.1, -0.05) is 0 Å². The van der Waals surface area contributed by atoms with Gasteiger partial charge in [0.2, 0.25) is 5.89 Å². The number of aromatic nitrogens is 6. The molecule has 29 heavy (non-hydrogen) atoms. The van der Waals surface area contributed by atoms with Gasteiger partial charge in [-0.05, 0) is 69.4 Å². The Labute approximate surface area is 169 Å². The molecule has 4 aliphatic carbocycles. The van der Waals surface area contributed by atoms with E-state index in [2.05, 4.69) is 47.8 Å². The minimum atomic E-state index is 0.119. The van der Waals surface area contributed by atoms with Crippen molar-refractivity contribution in [2.24, 2.45) is 18.9 Å². The van der Waals surface area contributed by atoms with Gasteiger partial charge in [0.25, 0.3) is 5.89 Å². The molecule has 8 heteroatoms. The second-order valence-electron chi connectivity index (χ2n) is 9.58. The highest BCUT2D eigenvalue weighted by atomic mass is 16.4. The molecular weight excluding hydrogens is 366 g/mol. The van der Waals surface area contributed by atoms with Crippen LogP contribution in [0.1, 0.15) is 50.1 Å². The molecule has 4 aliphatic rings. The third-order valence-electron chi connectivity index (χ3n) is 7.61. The van der Waals surface area contributed by atoms with Crippen LogP contribution in [0.5, 0.6) is 0 Å². The first-order valence-electron chi connectivity index (χ1n) is 10.6. The topological polar surface area (TPSA) is 86.6 Å². The predicted octanol–water partition coefficient (Wildman–Crippen LogP) is 2.81. The van der Waals surface area contributed by atoms with E-state index in [0.717, 1.165) is 24.0 Å². The lowest BCUT2D eigenvalue weighted by Gasteiger charge is -2.62. The minimum absolute atomic E-state index is 0.119. The SMILES string of the molecule is Cc1ccc(-c2nnc(CNC34CC5CC(C3)CC(n3cncn3)(C5)C4)o2)n1C. The smallest absolute Gasteiger partial charge is 0.264 e. The molecular formula is C21H27N7O. The molecule has 0 aromatic carbocycles. The van der Waals surface area contributed by atoms with Gasteiger partial charge in [-0.2, -0.15) is 5.10 Å². The van der Waals surface area contributed by atoms with E-state index in [4.69, 9.17) is 4.42 Å². The van der Waals surface area contributed by atoms with Crippen LogP contribution in [0.3, 0.4) is 0 Å². The van der Waals surface area contributed by atoms with Gasteiger partial charge in [-0.15, -0.1) is 10.2 Å². The molecule has 0 spiro atoms. The van der Waals surface area contributed by atoms with Crippen LogP contribution >= 0.6 is 0 Å². The van der Waals surface area contributed by atoms with E-state index in [1.807, 2.05) is 19.4 Å². The number of hydrogen-bond acceptors (Lipinski definition) is 6. The molecule has 3 aromatic heterocycles. The van der Waals surface area contributed by atoms with Crippen molar-refractivity contribution < 1.29 is 4.42 Å². The zero-order valence-electron chi connectivity index (χ0n) is 17.0. The number of nitrogens with zero attached hydrogens (tertiary/aromatic N) is 6. The molecule has 0 amide bonds. The lowest BCUT2D eigenvalue weighted by atomic mass is 9.50. The average Bonchev–Trinajstić information content (AvgIpc) is 3.42. The molecule has 152 valence electrons. The van der Waals surface area contributed by atoms with Crippen LogP contribution in [0.15, 0.2) is 29.2 Å². The molecule has 2 atom stereocenters. The number of rotatable bonds is 5. The average molecular weight is 393 g/mol. The summed E-state index contributed by atoms with van der Waals surface area (Å²) in [6.45, 7) is 2.68. The van der Waals surface area contributed by atoms with E-state index in [1.54, 1.807) is 6.33 Å². The van der Waals surface area contributed by atoms with Crippen LogP contribution in [-0.2, 0) is 19.1 Å². The maximum atomic E-state index is 5.99. The molecule has 0 aliphatic heterocycles. The summed E-state index contributed by atoms with van der Waals surface area (Å²) in [5.41, 5.74) is 2.38. The monoisotopic (exact) mass is 393 g/mol. The van der Waals surface area contributed by atoms with E-state index in [1.165, 1.54) is 37.8 Å². The lowest BCUT2D eigenvalue weighted by Crippen LogP contribution is -2.64. The Balaban J connectivity index is 1.22. The predicted molar refractivity (Wildman–Crippen MR) is 106 cm³/mol. The molecule has 8 nitrogen and oxygen atoms in total. The van der Waals surface area contributed by atoms with Crippen molar-refractivity contribution in [1.29, 1.82) is 0 Å². The van der Waals surface area contributed by atoms with E-state index in [-0.39, 0.29) is 11.1 Å². The fraction of sp³-hybridized carbons (Fsp3) is 0.619. The Bertz CT molecular complexity index is 1020. The first-order valence-corrected chi connectivity index (χ1v) is 10.6. The number of hydrogen-bond donors (Lipinski definition) is 1. The zero-order chi connectivity index (χ0) is 19.6. The summed E-state index contributed by atoms with van der Waals surface area (Å²) < 4.78 is 10.2. The molecule has 0 saturated heterocycles. The van der Waals surface area contributed by atoms with Gasteiger partial charge in [-0.25, -0.2) is 9.67 Å². The van der Waals surface area contributed by atoms with Crippen molar-refractivity contribution in [1.82, 2.24) is 34.8 Å². The zero-order valence-corrected chi connectivity index (χ0v) is 17.0. The van der Waals surface area contributed by atoms with Crippen LogP contribution in [-0.4, -0.2) is 35.1 Å². The van der Waals surface area contributed by atoms with Crippen molar-refractivity contribution in [3.8, 4) is 11.6 Å². The van der Waals surface area contributed by atoms with Crippen molar-refractivity contribution >= 4 is 0 Å². The first kappa shape index (κ1) is 17.4. The van der Waals surface area contributed by atoms with Gasteiger partial charge >= 0.3 is 0 Å². The van der Waals surface area contributed by atoms with E-state index in [9.17, 15) is 0 Å². The normalized spacial score (nSPS) is 32.9. The molecule has 4 saturated carbocycles. The Morgan fingerprint density at radius 2 is 2.00 bits per heavy atom. The Morgan fingerprint density at radius 1 is 1.17 bits per heavy atom. The molecule has 3 aromatic rings. The van der Waals surface area contributed by atoms with Crippen LogP contribution in [0.4, 0.5) is 0 Å². The maximum absolute atomic E-state index is 5.99. The summed E-state index contributed by atoms with van der Waals surface area (Å²) in [6, 6.07) is 4.09. The van der Waals surface area contributed by atoms with Crippen molar-refractivity contribution in [3.05, 3.63) is 36.4 Å². The molecule has 7 rings (SSSR count). The second-order valence-corrected chi connectivity index (χ2v) is 9.58.